The molecule has 0 aliphatic rings. The van der Waals surface area contributed by atoms with E-state index >= 15 is 0 Å². The smallest absolute Gasteiger partial charge is 0.418 e. The number of methoxy groups -OCH3 is 1. The molecule has 0 aliphatic carbocycles. The van der Waals surface area contributed by atoms with E-state index < -0.39 is 17.6 Å². The number of carbonyl (C=O) groups excluding carboxylic acids is 1. The average molecular weight is 525 g/mol. The van der Waals surface area contributed by atoms with Gasteiger partial charge in [0.15, 0.2) is 5.16 Å². The lowest BCUT2D eigenvalue weighted by atomic mass is 10.1. The number of fused-ring (bicyclic) bond motifs is 3. The molecule has 0 saturated carbocycles. The quantitative estimate of drug-likeness (QED) is 0.222. The molecule has 0 spiro atoms. The molecule has 0 fully saturated rings. The number of aromatic nitrogens is 3. The monoisotopic (exact) mass is 524 g/mol. The van der Waals surface area contributed by atoms with Gasteiger partial charge in [0.05, 0.1) is 29.8 Å². The van der Waals surface area contributed by atoms with Crippen LogP contribution in [0, 0.1) is 0 Å². The van der Waals surface area contributed by atoms with Crippen LogP contribution in [0.4, 0.5) is 18.9 Å². The third-order valence-corrected chi connectivity index (χ3v) is 6.60. The van der Waals surface area contributed by atoms with Gasteiger partial charge in [-0.15, -0.1) is 0 Å². The first-order chi connectivity index (χ1) is 17.8. The summed E-state index contributed by atoms with van der Waals surface area (Å²) >= 11 is 0.947. The van der Waals surface area contributed by atoms with Crippen molar-refractivity contribution in [1.29, 1.82) is 0 Å². The summed E-state index contributed by atoms with van der Waals surface area (Å²) in [7, 11) is 1.52. The van der Waals surface area contributed by atoms with E-state index in [0.29, 0.717) is 22.5 Å². The SMILES string of the molecule is COc1ccc(-n2c(SCC(=O)Nc3ccccc3C(F)(F)F)nc3c([nH]c4ccccc43)c2=O)cc1. The minimum Gasteiger partial charge on any atom is -0.497 e. The number of thioether (sulfide) groups is 1. The molecule has 0 aliphatic heterocycles. The summed E-state index contributed by atoms with van der Waals surface area (Å²) in [4.78, 5) is 34.0. The van der Waals surface area contributed by atoms with Crippen LogP contribution in [0.15, 0.2) is 82.7 Å². The van der Waals surface area contributed by atoms with Gasteiger partial charge in [0, 0.05) is 10.9 Å². The second-order valence-electron chi connectivity index (χ2n) is 8.01. The number of hydrogen-bond donors (Lipinski definition) is 2. The number of aromatic amines is 1. The predicted molar refractivity (Wildman–Crippen MR) is 137 cm³/mol. The number of para-hydroxylation sites is 2. The molecule has 2 aromatic heterocycles. The van der Waals surface area contributed by atoms with Crippen LogP contribution in [0.5, 0.6) is 5.75 Å². The van der Waals surface area contributed by atoms with Crippen molar-refractivity contribution in [2.75, 3.05) is 18.2 Å². The van der Waals surface area contributed by atoms with Crippen LogP contribution in [-0.4, -0.2) is 33.3 Å². The number of halogens is 3. The number of alkyl halides is 3. The van der Waals surface area contributed by atoms with E-state index in [-0.39, 0.29) is 22.2 Å². The van der Waals surface area contributed by atoms with E-state index in [1.165, 1.54) is 29.9 Å². The summed E-state index contributed by atoms with van der Waals surface area (Å²) in [6.45, 7) is 0. The molecule has 5 aromatic rings. The molecule has 188 valence electrons. The summed E-state index contributed by atoms with van der Waals surface area (Å²) in [6.07, 6.45) is -4.62. The second-order valence-corrected chi connectivity index (χ2v) is 8.95. The van der Waals surface area contributed by atoms with Crippen molar-refractivity contribution >= 4 is 45.3 Å². The van der Waals surface area contributed by atoms with Crippen LogP contribution in [0.2, 0.25) is 0 Å². The Morgan fingerprint density at radius 3 is 2.49 bits per heavy atom. The minimum atomic E-state index is -4.62. The molecule has 0 unspecified atom stereocenters. The zero-order valence-electron chi connectivity index (χ0n) is 19.3. The molecule has 1 amide bonds. The Morgan fingerprint density at radius 2 is 1.76 bits per heavy atom. The Balaban J connectivity index is 1.53. The number of H-pyrrole nitrogens is 1. The lowest BCUT2D eigenvalue weighted by Crippen LogP contribution is -2.23. The first-order valence-electron chi connectivity index (χ1n) is 11.0. The highest BCUT2D eigenvalue weighted by atomic mass is 32.2. The van der Waals surface area contributed by atoms with Gasteiger partial charge in [-0.05, 0) is 42.5 Å². The van der Waals surface area contributed by atoms with Gasteiger partial charge in [-0.2, -0.15) is 13.2 Å². The predicted octanol–water partition coefficient (Wildman–Crippen LogP) is 5.63. The van der Waals surface area contributed by atoms with Gasteiger partial charge in [-0.25, -0.2) is 4.98 Å². The van der Waals surface area contributed by atoms with E-state index in [4.69, 9.17) is 4.74 Å². The highest BCUT2D eigenvalue weighted by Crippen LogP contribution is 2.35. The topological polar surface area (TPSA) is 89.0 Å². The minimum absolute atomic E-state index is 0.215. The largest absolute Gasteiger partial charge is 0.497 e. The second kappa shape index (κ2) is 9.66. The van der Waals surface area contributed by atoms with Crippen molar-refractivity contribution in [2.45, 2.75) is 11.3 Å². The van der Waals surface area contributed by atoms with Gasteiger partial charge in [-0.1, -0.05) is 42.1 Å². The molecule has 0 radical (unpaired) electrons. The number of carbonyl (C=O) groups is 1. The Morgan fingerprint density at radius 1 is 1.05 bits per heavy atom. The third kappa shape index (κ3) is 4.77. The summed E-state index contributed by atoms with van der Waals surface area (Å²) in [5.41, 5.74) is 0.295. The number of hydrogen-bond acceptors (Lipinski definition) is 5. The average Bonchev–Trinajstić information content (AvgIpc) is 3.26. The Labute approximate surface area is 212 Å². The summed E-state index contributed by atoms with van der Waals surface area (Å²) in [6, 6.07) is 18.8. The molecule has 0 bridgehead atoms. The molecular weight excluding hydrogens is 505 g/mol. The Hall–Kier alpha value is -4.25. The van der Waals surface area contributed by atoms with Crippen molar-refractivity contribution in [2.24, 2.45) is 0 Å². The van der Waals surface area contributed by atoms with Gasteiger partial charge in [0.1, 0.15) is 16.8 Å². The molecule has 11 heteroatoms. The fraction of sp³-hybridized carbons (Fsp3) is 0.115. The van der Waals surface area contributed by atoms with Gasteiger partial charge in [0.25, 0.3) is 5.56 Å². The summed E-state index contributed by atoms with van der Waals surface area (Å²) in [5.74, 6) is -0.354. The normalized spacial score (nSPS) is 11.7. The van der Waals surface area contributed by atoms with Crippen LogP contribution in [0.1, 0.15) is 5.56 Å². The molecular formula is C26H19F3N4O3S. The molecule has 0 atom stereocenters. The van der Waals surface area contributed by atoms with Crippen LogP contribution in [-0.2, 0) is 11.0 Å². The molecule has 2 heterocycles. The van der Waals surface area contributed by atoms with Crippen LogP contribution >= 0.6 is 11.8 Å². The van der Waals surface area contributed by atoms with E-state index in [0.717, 1.165) is 28.7 Å². The highest BCUT2D eigenvalue weighted by molar-refractivity contribution is 7.99. The number of ether oxygens (including phenoxy) is 1. The van der Waals surface area contributed by atoms with E-state index in [9.17, 15) is 22.8 Å². The van der Waals surface area contributed by atoms with Crippen molar-refractivity contribution in [3.63, 3.8) is 0 Å². The number of rotatable bonds is 6. The van der Waals surface area contributed by atoms with Crippen molar-refractivity contribution in [1.82, 2.24) is 14.5 Å². The van der Waals surface area contributed by atoms with Crippen molar-refractivity contribution in [3.8, 4) is 11.4 Å². The van der Waals surface area contributed by atoms with Gasteiger partial charge in [-0.3, -0.25) is 14.2 Å². The summed E-state index contributed by atoms with van der Waals surface area (Å²) < 4.78 is 46.5. The third-order valence-electron chi connectivity index (χ3n) is 5.66. The van der Waals surface area contributed by atoms with Crippen LogP contribution in [0.3, 0.4) is 0 Å². The lowest BCUT2D eigenvalue weighted by molar-refractivity contribution is -0.137. The Kier molecular flexibility index (Phi) is 6.38. The fourth-order valence-electron chi connectivity index (χ4n) is 3.95. The van der Waals surface area contributed by atoms with Crippen molar-refractivity contribution < 1.29 is 22.7 Å². The van der Waals surface area contributed by atoms with Crippen LogP contribution in [0.25, 0.3) is 27.6 Å². The van der Waals surface area contributed by atoms with E-state index in [2.05, 4.69) is 15.3 Å². The number of amides is 1. The number of benzene rings is 3. The maximum absolute atomic E-state index is 13.6. The maximum Gasteiger partial charge on any atom is 0.418 e. The maximum atomic E-state index is 13.6. The first-order valence-corrected chi connectivity index (χ1v) is 12.0. The van der Waals surface area contributed by atoms with Crippen LogP contribution < -0.4 is 15.6 Å². The standard InChI is InChI=1S/C26H19F3N4O3S/c1-36-16-12-10-15(11-13-16)33-24(35)23-22(17-6-2-4-8-19(17)31-23)32-25(33)37-14-21(34)30-20-9-5-3-7-18(20)26(27,28)29/h2-13,31H,14H2,1H3,(H,30,34). The molecule has 5 rings (SSSR count). The fourth-order valence-corrected chi connectivity index (χ4v) is 4.76. The van der Waals surface area contributed by atoms with Crippen molar-refractivity contribution in [3.05, 3.63) is 88.7 Å². The zero-order valence-corrected chi connectivity index (χ0v) is 20.1. The molecule has 0 saturated heterocycles. The lowest BCUT2D eigenvalue weighted by Gasteiger charge is -2.14. The molecule has 7 nitrogen and oxygen atoms in total. The summed E-state index contributed by atoms with van der Waals surface area (Å²) in [5, 5.41) is 3.27. The molecule has 37 heavy (non-hydrogen) atoms. The Bertz CT molecular complexity index is 1680. The molecule has 2 N–H and O–H groups in total. The van der Waals surface area contributed by atoms with Gasteiger partial charge < -0.3 is 15.0 Å². The van der Waals surface area contributed by atoms with Gasteiger partial charge >= 0.3 is 6.18 Å². The highest BCUT2D eigenvalue weighted by Gasteiger charge is 2.33. The number of nitrogens with one attached hydrogen (secondary N) is 2. The number of anilines is 1. The van der Waals surface area contributed by atoms with E-state index in [1.807, 2.05) is 24.3 Å². The van der Waals surface area contributed by atoms with Gasteiger partial charge in [0.2, 0.25) is 5.91 Å². The van der Waals surface area contributed by atoms with E-state index in [1.54, 1.807) is 24.3 Å². The zero-order chi connectivity index (χ0) is 26.2. The first kappa shape index (κ1) is 24.4. The number of nitrogens with zero attached hydrogens (tertiary/aromatic N) is 2. The molecule has 3 aromatic carbocycles.